The highest BCUT2D eigenvalue weighted by atomic mass is 19.3. The largest absolute Gasteiger partial charge is 0.459 e. The van der Waals surface area contributed by atoms with Gasteiger partial charge < -0.3 is 29.5 Å². The summed E-state index contributed by atoms with van der Waals surface area (Å²) in [5.74, 6) is -1.00. The first-order valence-electron chi connectivity index (χ1n) is 13.9. The summed E-state index contributed by atoms with van der Waals surface area (Å²) >= 11 is 0. The Hall–Kier alpha value is -2.30. The van der Waals surface area contributed by atoms with Gasteiger partial charge in [0.25, 0.3) is 12.3 Å². The molecule has 1 amide bonds. The van der Waals surface area contributed by atoms with Crippen LogP contribution in [0.5, 0.6) is 0 Å². The molecule has 0 bridgehead atoms. The molecule has 39 heavy (non-hydrogen) atoms. The van der Waals surface area contributed by atoms with Crippen molar-refractivity contribution in [2.24, 2.45) is 33.7 Å². The number of aliphatic hydroxyl groups is 3. The van der Waals surface area contributed by atoms with Crippen molar-refractivity contribution in [3.8, 4) is 0 Å². The minimum atomic E-state index is -2.71. The minimum Gasteiger partial charge on any atom is -0.459 e. The maximum atomic E-state index is 13.7. The van der Waals surface area contributed by atoms with Crippen LogP contribution in [0.3, 0.4) is 0 Å². The van der Waals surface area contributed by atoms with Gasteiger partial charge in [0.05, 0.1) is 36.3 Å². The summed E-state index contributed by atoms with van der Waals surface area (Å²) in [5, 5.41) is 38.0. The molecule has 1 aromatic rings. The summed E-state index contributed by atoms with van der Waals surface area (Å²) in [5.41, 5.74) is -0.909. The number of carbonyl (C=O) groups excluding carboxylic acids is 1. The number of carbonyl (C=O) groups is 1. The molecule has 1 heterocycles. The van der Waals surface area contributed by atoms with E-state index in [4.69, 9.17) is 9.25 Å². The smallest absolute Gasteiger partial charge is 0.289 e. The second-order valence-electron chi connectivity index (χ2n) is 12.5. The van der Waals surface area contributed by atoms with E-state index in [0.717, 1.165) is 12.0 Å². The van der Waals surface area contributed by atoms with Crippen LogP contribution in [0.15, 0.2) is 39.6 Å². The van der Waals surface area contributed by atoms with Crippen LogP contribution < -0.4 is 0 Å². The quantitative estimate of drug-likeness (QED) is 0.461. The summed E-state index contributed by atoms with van der Waals surface area (Å²) in [7, 11) is 1.46. The van der Waals surface area contributed by atoms with Crippen LogP contribution in [0.1, 0.15) is 69.9 Å². The Kier molecular flexibility index (Phi) is 7.21. The lowest BCUT2D eigenvalue weighted by molar-refractivity contribution is -0.124. The van der Waals surface area contributed by atoms with Gasteiger partial charge in [-0.15, -0.1) is 0 Å². The first kappa shape index (κ1) is 28.2. The Bertz CT molecular complexity index is 1140. The molecular weight excluding hydrogens is 510 g/mol. The van der Waals surface area contributed by atoms with Crippen LogP contribution in [0.4, 0.5) is 8.78 Å². The molecular formula is C29H40F2N2O6. The van der Waals surface area contributed by atoms with E-state index in [9.17, 15) is 28.9 Å². The first-order chi connectivity index (χ1) is 18.4. The van der Waals surface area contributed by atoms with Crippen molar-refractivity contribution < 1.29 is 38.1 Å². The van der Waals surface area contributed by atoms with Crippen molar-refractivity contribution in [2.45, 2.75) is 89.6 Å². The van der Waals surface area contributed by atoms with Gasteiger partial charge in [0.15, 0.2) is 5.76 Å². The fraction of sp³-hybridized carbons (Fsp3) is 0.724. The molecule has 0 aliphatic heterocycles. The third-order valence-corrected chi connectivity index (χ3v) is 10.8. The molecule has 0 aromatic carbocycles. The van der Waals surface area contributed by atoms with E-state index in [1.54, 1.807) is 13.0 Å². The second-order valence-corrected chi connectivity index (χ2v) is 12.5. The fourth-order valence-corrected chi connectivity index (χ4v) is 8.75. The summed E-state index contributed by atoms with van der Waals surface area (Å²) < 4.78 is 32.6. The van der Waals surface area contributed by atoms with Crippen molar-refractivity contribution in [1.82, 2.24) is 4.90 Å². The van der Waals surface area contributed by atoms with Gasteiger partial charge in [0.1, 0.15) is 7.11 Å². The van der Waals surface area contributed by atoms with Crippen molar-refractivity contribution in [2.75, 3.05) is 13.7 Å². The van der Waals surface area contributed by atoms with Crippen LogP contribution in [-0.4, -0.2) is 75.8 Å². The highest BCUT2D eigenvalue weighted by Gasteiger charge is 2.67. The standard InChI is InChI=1S/C29H40F2N2O6/c1-16(33(15-25(30)31)26(36)24-6-5-11-39-24)17-8-10-29(37)19-12-21(32-38-4)20-13-22(34)23(35)14-27(20,2)18(19)7-9-28(17,29)3/h5-6,11-12,16-18,20,22-23,25,34-35,37H,7-10,13-15H2,1-4H3. The fourth-order valence-electron chi connectivity index (χ4n) is 8.75. The van der Waals surface area contributed by atoms with Crippen molar-refractivity contribution in [3.63, 3.8) is 0 Å². The van der Waals surface area contributed by atoms with Gasteiger partial charge in [-0.1, -0.05) is 19.0 Å². The highest BCUT2D eigenvalue weighted by molar-refractivity contribution is 5.99. The molecule has 0 saturated heterocycles. The van der Waals surface area contributed by atoms with Gasteiger partial charge in [-0.2, -0.15) is 0 Å². The van der Waals surface area contributed by atoms with E-state index >= 15 is 0 Å². The Morgan fingerprint density at radius 3 is 2.62 bits per heavy atom. The molecule has 0 radical (unpaired) electrons. The third-order valence-electron chi connectivity index (χ3n) is 10.8. The number of alkyl halides is 2. The minimum absolute atomic E-state index is 0.0111. The first-order valence-corrected chi connectivity index (χ1v) is 13.9. The van der Waals surface area contributed by atoms with E-state index < -0.39 is 53.6 Å². The normalized spacial score (nSPS) is 41.4. The number of halogens is 2. The molecule has 3 N–H and O–H groups in total. The van der Waals surface area contributed by atoms with Gasteiger partial charge in [-0.05, 0) is 86.5 Å². The Labute approximate surface area is 227 Å². The zero-order chi connectivity index (χ0) is 28.3. The van der Waals surface area contributed by atoms with Crippen LogP contribution in [0, 0.1) is 28.6 Å². The maximum Gasteiger partial charge on any atom is 0.289 e. The van der Waals surface area contributed by atoms with E-state index in [0.29, 0.717) is 37.8 Å². The number of amides is 1. The zero-order valence-electron chi connectivity index (χ0n) is 23.0. The molecule has 3 saturated carbocycles. The molecule has 4 aliphatic carbocycles. The third kappa shape index (κ3) is 4.25. The van der Waals surface area contributed by atoms with Gasteiger partial charge in [-0.3, -0.25) is 4.79 Å². The summed E-state index contributed by atoms with van der Waals surface area (Å²) in [4.78, 5) is 19.6. The molecule has 3 fully saturated rings. The number of allylic oxidation sites excluding steroid dienone is 1. The van der Waals surface area contributed by atoms with Gasteiger partial charge >= 0.3 is 0 Å². The molecule has 5 rings (SSSR count). The van der Waals surface area contributed by atoms with Gasteiger partial charge in [0, 0.05) is 17.4 Å². The van der Waals surface area contributed by atoms with Crippen LogP contribution in [0.2, 0.25) is 0 Å². The predicted octanol–water partition coefficient (Wildman–Crippen LogP) is 4.01. The number of fused-ring (bicyclic) bond motifs is 5. The SMILES string of the molecule is CON=C1C=C2C(CCC3(C)C(C(C)N(CC(F)F)C(=O)c4ccco4)CCC23O)C2(C)CC(O)C(O)CC12. The molecule has 1 aromatic heterocycles. The molecule has 10 heteroatoms. The average Bonchev–Trinajstić information content (AvgIpc) is 3.50. The molecule has 4 aliphatic rings. The number of furan rings is 1. The lowest BCUT2D eigenvalue weighted by atomic mass is 9.46. The Morgan fingerprint density at radius 1 is 1.23 bits per heavy atom. The predicted molar refractivity (Wildman–Crippen MR) is 139 cm³/mol. The summed E-state index contributed by atoms with van der Waals surface area (Å²) in [6, 6.07) is 2.46. The maximum absolute atomic E-state index is 13.7. The zero-order valence-corrected chi connectivity index (χ0v) is 23.0. The van der Waals surface area contributed by atoms with E-state index in [-0.39, 0.29) is 23.5 Å². The summed E-state index contributed by atoms with van der Waals surface area (Å²) in [6.45, 7) is 5.18. The van der Waals surface area contributed by atoms with Crippen LogP contribution in [0.25, 0.3) is 0 Å². The number of hydrogen-bond donors (Lipinski definition) is 3. The average molecular weight is 551 g/mol. The topological polar surface area (TPSA) is 116 Å². The van der Waals surface area contributed by atoms with Crippen molar-refractivity contribution >= 4 is 11.6 Å². The Morgan fingerprint density at radius 2 is 1.97 bits per heavy atom. The molecule has 9 unspecified atom stereocenters. The molecule has 0 spiro atoms. The number of aliphatic hydroxyl groups excluding tert-OH is 2. The lowest BCUT2D eigenvalue weighted by Crippen LogP contribution is -2.61. The second kappa shape index (κ2) is 9.96. The summed E-state index contributed by atoms with van der Waals surface area (Å²) in [6.07, 6.45) is 1.88. The number of rotatable bonds is 6. The highest BCUT2D eigenvalue weighted by Crippen LogP contribution is 2.67. The lowest BCUT2D eigenvalue weighted by Gasteiger charge is -2.60. The molecule has 8 nitrogen and oxygen atoms in total. The van der Waals surface area contributed by atoms with Gasteiger partial charge in [0.2, 0.25) is 0 Å². The Balaban J connectivity index is 1.52. The van der Waals surface area contributed by atoms with Crippen molar-refractivity contribution in [3.05, 3.63) is 35.8 Å². The van der Waals surface area contributed by atoms with E-state index in [2.05, 4.69) is 12.1 Å². The monoisotopic (exact) mass is 550 g/mol. The van der Waals surface area contributed by atoms with Crippen LogP contribution in [-0.2, 0) is 4.84 Å². The van der Waals surface area contributed by atoms with Gasteiger partial charge in [-0.25, -0.2) is 8.78 Å². The van der Waals surface area contributed by atoms with Crippen molar-refractivity contribution in [1.29, 1.82) is 0 Å². The number of oxime groups is 1. The molecule has 216 valence electrons. The number of hydrogen-bond acceptors (Lipinski definition) is 7. The number of nitrogens with zero attached hydrogens (tertiary/aromatic N) is 2. The van der Waals surface area contributed by atoms with E-state index in [1.165, 1.54) is 24.3 Å². The van der Waals surface area contributed by atoms with E-state index in [1.807, 2.05) is 13.0 Å². The molecule has 9 atom stereocenters. The van der Waals surface area contributed by atoms with Crippen LogP contribution >= 0.6 is 0 Å².